The molecule has 1 atom stereocenters. The zero-order valence-corrected chi connectivity index (χ0v) is 13.7. The number of amides is 1. The Labute approximate surface area is 135 Å². The lowest BCUT2D eigenvalue weighted by Crippen LogP contribution is -2.37. The number of ether oxygens (including phenoxy) is 2. The van der Waals surface area contributed by atoms with E-state index in [2.05, 4.69) is 10.3 Å². The maximum Gasteiger partial charge on any atom is 0.254 e. The molecule has 1 aliphatic carbocycles. The van der Waals surface area contributed by atoms with E-state index >= 15 is 0 Å². The van der Waals surface area contributed by atoms with Crippen molar-refractivity contribution in [2.45, 2.75) is 49.0 Å². The van der Waals surface area contributed by atoms with E-state index in [0.717, 1.165) is 30.7 Å². The first-order valence-corrected chi connectivity index (χ1v) is 9.04. The first-order valence-electron chi connectivity index (χ1n) is 7.81. The van der Waals surface area contributed by atoms with Gasteiger partial charge in [0.15, 0.2) is 5.79 Å². The normalized spacial score (nSPS) is 23.6. The highest BCUT2D eigenvalue weighted by molar-refractivity contribution is 7.98. The van der Waals surface area contributed by atoms with Gasteiger partial charge in [-0.2, -0.15) is 0 Å². The molecule has 2 fully saturated rings. The number of nitrogens with zero attached hydrogens (tertiary/aromatic N) is 1. The number of pyridine rings is 1. The van der Waals surface area contributed by atoms with Crippen molar-refractivity contribution in [1.29, 1.82) is 0 Å². The first kappa shape index (κ1) is 15.8. The minimum Gasteiger partial charge on any atom is -0.349 e. The van der Waals surface area contributed by atoms with E-state index in [9.17, 15) is 4.79 Å². The molecule has 2 heterocycles. The third-order valence-electron chi connectivity index (χ3n) is 4.23. The standard InChI is InChI=1S/C16H22N2O3S/c1-22-15-13(6-5-9-17-15)14(19)18-10-12-11-20-16(21-12)7-3-2-4-8-16/h5-6,9,12H,2-4,7-8,10-11H2,1H3,(H,18,19). The fourth-order valence-electron chi connectivity index (χ4n) is 3.10. The van der Waals surface area contributed by atoms with Gasteiger partial charge in [0.05, 0.1) is 12.2 Å². The van der Waals surface area contributed by atoms with Gasteiger partial charge >= 0.3 is 0 Å². The average Bonchev–Trinajstić information content (AvgIpc) is 2.95. The number of rotatable bonds is 4. The molecule has 1 unspecified atom stereocenters. The van der Waals surface area contributed by atoms with Crippen LogP contribution in [0.3, 0.4) is 0 Å². The van der Waals surface area contributed by atoms with Gasteiger partial charge < -0.3 is 14.8 Å². The van der Waals surface area contributed by atoms with E-state index in [4.69, 9.17) is 9.47 Å². The highest BCUT2D eigenvalue weighted by atomic mass is 32.2. The minimum atomic E-state index is -0.383. The quantitative estimate of drug-likeness (QED) is 0.864. The maximum atomic E-state index is 12.3. The highest BCUT2D eigenvalue weighted by Crippen LogP contribution is 2.37. The van der Waals surface area contributed by atoms with Crippen LogP contribution < -0.4 is 5.32 Å². The smallest absolute Gasteiger partial charge is 0.254 e. The van der Waals surface area contributed by atoms with Gasteiger partial charge in [-0.3, -0.25) is 4.79 Å². The predicted molar refractivity (Wildman–Crippen MR) is 85.0 cm³/mol. The summed E-state index contributed by atoms with van der Waals surface area (Å²) in [6, 6.07) is 3.57. The summed E-state index contributed by atoms with van der Waals surface area (Å²) in [4.78, 5) is 16.5. The Morgan fingerprint density at radius 3 is 3.05 bits per heavy atom. The van der Waals surface area contributed by atoms with Crippen LogP contribution in [0.5, 0.6) is 0 Å². The van der Waals surface area contributed by atoms with Gasteiger partial charge in [0.25, 0.3) is 5.91 Å². The molecule has 0 bridgehead atoms. The van der Waals surface area contributed by atoms with Gasteiger partial charge in [0, 0.05) is 25.6 Å². The van der Waals surface area contributed by atoms with Crippen LogP contribution in [0.4, 0.5) is 0 Å². The number of nitrogens with one attached hydrogen (secondary N) is 1. The third-order valence-corrected chi connectivity index (χ3v) is 4.94. The fraction of sp³-hybridized carbons (Fsp3) is 0.625. The Bertz CT molecular complexity index is 532. The van der Waals surface area contributed by atoms with Gasteiger partial charge in [0.1, 0.15) is 11.1 Å². The molecule has 1 aromatic rings. The Morgan fingerprint density at radius 2 is 2.27 bits per heavy atom. The van der Waals surface area contributed by atoms with Crippen LogP contribution in [-0.2, 0) is 9.47 Å². The summed E-state index contributed by atoms with van der Waals surface area (Å²) < 4.78 is 12.0. The van der Waals surface area contributed by atoms with E-state index in [1.165, 1.54) is 18.2 Å². The molecule has 0 radical (unpaired) electrons. The van der Waals surface area contributed by atoms with Crippen LogP contribution >= 0.6 is 11.8 Å². The summed E-state index contributed by atoms with van der Waals surface area (Å²) in [5.74, 6) is -0.488. The van der Waals surface area contributed by atoms with Crippen LogP contribution in [0.25, 0.3) is 0 Å². The van der Waals surface area contributed by atoms with Crippen molar-refractivity contribution in [2.75, 3.05) is 19.4 Å². The molecule has 1 amide bonds. The van der Waals surface area contributed by atoms with Crippen LogP contribution in [0.15, 0.2) is 23.4 Å². The van der Waals surface area contributed by atoms with Crippen molar-refractivity contribution < 1.29 is 14.3 Å². The number of carbonyl (C=O) groups excluding carboxylic acids is 1. The van der Waals surface area contributed by atoms with Gasteiger partial charge in [-0.05, 0) is 31.2 Å². The molecule has 2 aliphatic rings. The molecule has 22 heavy (non-hydrogen) atoms. The zero-order chi connectivity index (χ0) is 15.4. The Hall–Kier alpha value is -1.11. The fourth-order valence-corrected chi connectivity index (χ4v) is 3.64. The molecule has 3 rings (SSSR count). The molecule has 5 nitrogen and oxygen atoms in total. The average molecular weight is 322 g/mol. The van der Waals surface area contributed by atoms with E-state index < -0.39 is 0 Å². The molecule has 1 aliphatic heterocycles. The van der Waals surface area contributed by atoms with Gasteiger partial charge in [-0.1, -0.05) is 6.42 Å². The predicted octanol–water partition coefficient (Wildman–Crippen LogP) is 2.61. The van der Waals surface area contributed by atoms with Crippen molar-refractivity contribution in [3.8, 4) is 0 Å². The van der Waals surface area contributed by atoms with E-state index in [0.29, 0.717) is 18.7 Å². The molecule has 0 aromatic carbocycles. The monoisotopic (exact) mass is 322 g/mol. The third kappa shape index (κ3) is 3.45. The second-order valence-electron chi connectivity index (χ2n) is 5.79. The Balaban J connectivity index is 1.53. The Kier molecular flexibility index (Phi) is 5.00. The number of thioether (sulfide) groups is 1. The highest BCUT2D eigenvalue weighted by Gasteiger charge is 2.42. The topological polar surface area (TPSA) is 60.5 Å². The molecule has 1 aromatic heterocycles. The summed E-state index contributed by atoms with van der Waals surface area (Å²) in [6.45, 7) is 1.03. The second kappa shape index (κ2) is 6.98. The lowest BCUT2D eigenvalue weighted by atomic mass is 9.94. The lowest BCUT2D eigenvalue weighted by Gasteiger charge is -2.31. The molecule has 1 spiro atoms. The second-order valence-corrected chi connectivity index (χ2v) is 6.59. The summed E-state index contributed by atoms with van der Waals surface area (Å²) in [5, 5.41) is 3.68. The summed E-state index contributed by atoms with van der Waals surface area (Å²) in [5.41, 5.74) is 0.612. The molecule has 1 saturated carbocycles. The van der Waals surface area contributed by atoms with Crippen LogP contribution in [0.2, 0.25) is 0 Å². The SMILES string of the molecule is CSc1ncccc1C(=O)NCC1COC2(CCCCC2)O1. The number of aromatic nitrogens is 1. The molecule has 6 heteroatoms. The van der Waals surface area contributed by atoms with Crippen molar-refractivity contribution in [3.05, 3.63) is 23.9 Å². The largest absolute Gasteiger partial charge is 0.349 e. The molecule has 1 N–H and O–H groups in total. The van der Waals surface area contributed by atoms with Crippen molar-refractivity contribution in [1.82, 2.24) is 10.3 Å². The minimum absolute atomic E-state index is 0.0588. The number of hydrogen-bond acceptors (Lipinski definition) is 5. The lowest BCUT2D eigenvalue weighted by molar-refractivity contribution is -0.186. The zero-order valence-electron chi connectivity index (χ0n) is 12.8. The molecular formula is C16H22N2O3S. The van der Waals surface area contributed by atoms with E-state index in [1.54, 1.807) is 18.3 Å². The number of carbonyl (C=O) groups is 1. The number of hydrogen-bond donors (Lipinski definition) is 1. The van der Waals surface area contributed by atoms with Gasteiger partial charge in [-0.15, -0.1) is 11.8 Å². The van der Waals surface area contributed by atoms with Gasteiger partial charge in [0.2, 0.25) is 0 Å². The molecule has 120 valence electrons. The van der Waals surface area contributed by atoms with Crippen LogP contribution in [0.1, 0.15) is 42.5 Å². The molecular weight excluding hydrogens is 300 g/mol. The summed E-state index contributed by atoms with van der Waals surface area (Å²) >= 11 is 1.47. The maximum absolute atomic E-state index is 12.3. The van der Waals surface area contributed by atoms with Crippen molar-refractivity contribution >= 4 is 17.7 Å². The molecule has 1 saturated heterocycles. The van der Waals surface area contributed by atoms with Gasteiger partial charge in [-0.25, -0.2) is 4.98 Å². The van der Waals surface area contributed by atoms with Crippen LogP contribution in [-0.4, -0.2) is 42.2 Å². The van der Waals surface area contributed by atoms with Crippen LogP contribution in [0, 0.1) is 0 Å². The van der Waals surface area contributed by atoms with E-state index in [1.807, 2.05) is 6.26 Å². The Morgan fingerprint density at radius 1 is 1.45 bits per heavy atom. The van der Waals surface area contributed by atoms with Crippen molar-refractivity contribution in [3.63, 3.8) is 0 Å². The summed E-state index contributed by atoms with van der Waals surface area (Å²) in [6.07, 6.45) is 9.07. The van der Waals surface area contributed by atoms with E-state index in [-0.39, 0.29) is 17.8 Å². The summed E-state index contributed by atoms with van der Waals surface area (Å²) in [7, 11) is 0. The first-order chi connectivity index (χ1) is 10.7. The van der Waals surface area contributed by atoms with Crippen molar-refractivity contribution in [2.24, 2.45) is 0 Å².